The van der Waals surface area contributed by atoms with Crippen LogP contribution in [-0.4, -0.2) is 33.4 Å². The topological polar surface area (TPSA) is 76.2 Å². The average Bonchev–Trinajstić information content (AvgIpc) is 3.14. The second-order valence-electron chi connectivity index (χ2n) is 8.28. The highest BCUT2D eigenvalue weighted by Gasteiger charge is 2.41. The number of aromatic nitrogens is 2. The van der Waals surface area contributed by atoms with Crippen molar-refractivity contribution in [2.45, 2.75) is 39.3 Å². The number of carbonyl (C=O) groups excluding carboxylic acids is 1. The van der Waals surface area contributed by atoms with Gasteiger partial charge in [0.1, 0.15) is 23.2 Å². The van der Waals surface area contributed by atoms with E-state index >= 15 is 0 Å². The minimum absolute atomic E-state index is 0.0379. The number of nitrogens with two attached hydrogens (primary N) is 1. The molecule has 0 atom stereocenters. The monoisotopic (exact) mass is 421 g/mol. The predicted molar refractivity (Wildman–Crippen MR) is 121 cm³/mol. The van der Waals surface area contributed by atoms with Gasteiger partial charge in [0.05, 0.1) is 12.1 Å². The number of hydrogen-bond acceptors (Lipinski definition) is 4. The molecule has 6 nitrogen and oxygen atoms in total. The summed E-state index contributed by atoms with van der Waals surface area (Å²) < 4.78 is 15.7. The Bertz CT molecular complexity index is 1090. The van der Waals surface area contributed by atoms with Crippen molar-refractivity contribution < 1.29 is 9.18 Å². The summed E-state index contributed by atoms with van der Waals surface area (Å²) in [5.41, 5.74) is 8.76. The van der Waals surface area contributed by atoms with Gasteiger partial charge in [-0.25, -0.2) is 9.37 Å². The number of aryl methyl sites for hydroxylation is 1. The number of hydrogen-bond donors (Lipinski definition) is 2. The predicted octanol–water partition coefficient (Wildman–Crippen LogP) is 4.03. The van der Waals surface area contributed by atoms with Gasteiger partial charge < -0.3 is 20.5 Å². The summed E-state index contributed by atoms with van der Waals surface area (Å²) in [6.07, 6.45) is 0.975. The highest BCUT2D eigenvalue weighted by atomic mass is 19.1. The van der Waals surface area contributed by atoms with Crippen molar-refractivity contribution in [3.63, 3.8) is 0 Å². The Hall–Kier alpha value is -3.19. The number of nitrogens with one attached hydrogen (secondary N) is 1. The van der Waals surface area contributed by atoms with Crippen molar-refractivity contribution in [2.24, 2.45) is 5.73 Å². The quantitative estimate of drug-likeness (QED) is 0.652. The van der Waals surface area contributed by atoms with Crippen molar-refractivity contribution >= 4 is 17.4 Å². The lowest BCUT2D eigenvalue weighted by molar-refractivity contribution is -0.137. The second-order valence-corrected chi connectivity index (χ2v) is 8.28. The molecule has 2 heterocycles. The van der Waals surface area contributed by atoms with Gasteiger partial charge in [0.25, 0.3) is 0 Å². The standard InChI is InChI=1S/C24H28FN5O/c1-4-16-5-11-19(12-6-16)27-22-21(17-7-9-18(25)10-8-17)28-23-24(2,3)30(20(31)15-26)14-13-29(22)23/h5-12,27H,4,13-15,26H2,1-3H3. The third-order valence-corrected chi connectivity index (χ3v) is 5.96. The molecule has 0 aliphatic carbocycles. The van der Waals surface area contributed by atoms with Crippen molar-refractivity contribution in [1.82, 2.24) is 14.5 Å². The number of anilines is 2. The van der Waals surface area contributed by atoms with Crippen LogP contribution in [0.25, 0.3) is 11.3 Å². The molecule has 162 valence electrons. The van der Waals surface area contributed by atoms with Crippen LogP contribution in [0.2, 0.25) is 0 Å². The number of amides is 1. The summed E-state index contributed by atoms with van der Waals surface area (Å²) in [5, 5.41) is 3.52. The molecule has 0 unspecified atom stereocenters. The van der Waals surface area contributed by atoms with Crippen LogP contribution in [0.5, 0.6) is 0 Å². The first-order valence-corrected chi connectivity index (χ1v) is 10.6. The first-order valence-electron chi connectivity index (χ1n) is 10.6. The molecule has 7 heteroatoms. The Labute approximate surface area is 181 Å². The number of fused-ring (bicyclic) bond motifs is 1. The summed E-state index contributed by atoms with van der Waals surface area (Å²) >= 11 is 0. The Morgan fingerprint density at radius 3 is 2.42 bits per heavy atom. The Kier molecular flexibility index (Phi) is 5.54. The van der Waals surface area contributed by atoms with Crippen LogP contribution in [0, 0.1) is 5.82 Å². The van der Waals surface area contributed by atoms with Gasteiger partial charge in [0, 0.05) is 24.3 Å². The number of halogens is 1. The maximum Gasteiger partial charge on any atom is 0.237 e. The fourth-order valence-corrected chi connectivity index (χ4v) is 4.18. The number of imidazole rings is 1. The number of nitrogens with zero attached hydrogens (tertiary/aromatic N) is 3. The largest absolute Gasteiger partial charge is 0.340 e. The number of benzene rings is 2. The van der Waals surface area contributed by atoms with E-state index in [-0.39, 0.29) is 18.3 Å². The Morgan fingerprint density at radius 1 is 1.13 bits per heavy atom. The maximum absolute atomic E-state index is 13.6. The molecular weight excluding hydrogens is 393 g/mol. The molecule has 0 radical (unpaired) electrons. The van der Waals surface area contributed by atoms with Crippen molar-refractivity contribution in [2.75, 3.05) is 18.4 Å². The number of rotatable bonds is 5. The van der Waals surface area contributed by atoms with E-state index in [2.05, 4.69) is 28.9 Å². The summed E-state index contributed by atoms with van der Waals surface area (Å²) in [6, 6.07) is 14.6. The van der Waals surface area contributed by atoms with Crippen molar-refractivity contribution in [1.29, 1.82) is 0 Å². The van der Waals surface area contributed by atoms with Crippen LogP contribution in [0.4, 0.5) is 15.9 Å². The molecule has 0 saturated heterocycles. The van der Waals surface area contributed by atoms with E-state index in [1.165, 1.54) is 17.7 Å². The lowest BCUT2D eigenvalue weighted by atomic mass is 9.99. The molecule has 0 bridgehead atoms. The SMILES string of the molecule is CCc1ccc(Nc2c(-c3ccc(F)cc3)nc3n2CCN(C(=O)CN)C3(C)C)cc1. The second kappa shape index (κ2) is 8.15. The molecular formula is C24H28FN5O. The van der Waals surface area contributed by atoms with Crippen LogP contribution in [0.15, 0.2) is 48.5 Å². The molecule has 0 saturated carbocycles. The molecule has 3 aromatic rings. The molecule has 2 aromatic carbocycles. The fourth-order valence-electron chi connectivity index (χ4n) is 4.18. The molecule has 1 amide bonds. The molecule has 4 rings (SSSR count). The summed E-state index contributed by atoms with van der Waals surface area (Å²) in [7, 11) is 0. The molecule has 1 aliphatic rings. The van der Waals surface area contributed by atoms with Gasteiger partial charge in [-0.1, -0.05) is 19.1 Å². The van der Waals surface area contributed by atoms with E-state index in [9.17, 15) is 9.18 Å². The zero-order valence-corrected chi connectivity index (χ0v) is 18.2. The van der Waals surface area contributed by atoms with Crippen LogP contribution in [-0.2, 0) is 23.3 Å². The lowest BCUT2D eigenvalue weighted by Gasteiger charge is -2.42. The first kappa shape index (κ1) is 21.1. The minimum Gasteiger partial charge on any atom is -0.340 e. The maximum atomic E-state index is 13.6. The van der Waals surface area contributed by atoms with Gasteiger partial charge >= 0.3 is 0 Å². The summed E-state index contributed by atoms with van der Waals surface area (Å²) in [5.74, 6) is 1.20. The molecule has 1 aliphatic heterocycles. The van der Waals surface area contributed by atoms with Crippen LogP contribution in [0.1, 0.15) is 32.2 Å². The Morgan fingerprint density at radius 2 is 1.81 bits per heavy atom. The van der Waals surface area contributed by atoms with Crippen LogP contribution < -0.4 is 11.1 Å². The van der Waals surface area contributed by atoms with E-state index < -0.39 is 5.54 Å². The fraction of sp³-hybridized carbons (Fsp3) is 0.333. The van der Waals surface area contributed by atoms with E-state index in [1.54, 1.807) is 17.0 Å². The minimum atomic E-state index is -0.629. The molecule has 1 aromatic heterocycles. The molecule has 0 fully saturated rings. The van der Waals surface area contributed by atoms with E-state index in [0.29, 0.717) is 13.1 Å². The van der Waals surface area contributed by atoms with Gasteiger partial charge in [-0.05, 0) is 62.2 Å². The van der Waals surface area contributed by atoms with E-state index in [0.717, 1.165) is 35.0 Å². The smallest absolute Gasteiger partial charge is 0.237 e. The van der Waals surface area contributed by atoms with E-state index in [4.69, 9.17) is 10.7 Å². The number of carbonyl (C=O) groups is 1. The lowest BCUT2D eigenvalue weighted by Crippen LogP contribution is -2.53. The van der Waals surface area contributed by atoms with Crippen LogP contribution >= 0.6 is 0 Å². The third-order valence-electron chi connectivity index (χ3n) is 5.96. The van der Waals surface area contributed by atoms with Gasteiger partial charge in [0.15, 0.2) is 0 Å². The first-order chi connectivity index (χ1) is 14.8. The third kappa shape index (κ3) is 3.81. The zero-order valence-electron chi connectivity index (χ0n) is 18.2. The normalized spacial score (nSPS) is 14.9. The van der Waals surface area contributed by atoms with Gasteiger partial charge in [0.2, 0.25) is 5.91 Å². The van der Waals surface area contributed by atoms with Gasteiger partial charge in [-0.3, -0.25) is 4.79 Å². The van der Waals surface area contributed by atoms with Gasteiger partial charge in [-0.15, -0.1) is 0 Å². The summed E-state index contributed by atoms with van der Waals surface area (Å²) in [4.78, 5) is 19.2. The molecule has 3 N–H and O–H groups in total. The molecule has 0 spiro atoms. The van der Waals surface area contributed by atoms with Crippen molar-refractivity contribution in [3.05, 3.63) is 65.7 Å². The summed E-state index contributed by atoms with van der Waals surface area (Å²) in [6.45, 7) is 7.18. The Balaban J connectivity index is 1.83. The highest BCUT2D eigenvalue weighted by molar-refractivity contribution is 5.80. The molecule has 31 heavy (non-hydrogen) atoms. The van der Waals surface area contributed by atoms with E-state index in [1.807, 2.05) is 26.0 Å². The van der Waals surface area contributed by atoms with Gasteiger partial charge in [-0.2, -0.15) is 0 Å². The van der Waals surface area contributed by atoms with Crippen LogP contribution in [0.3, 0.4) is 0 Å². The van der Waals surface area contributed by atoms with Crippen molar-refractivity contribution in [3.8, 4) is 11.3 Å². The highest BCUT2D eigenvalue weighted by Crippen LogP contribution is 2.39. The average molecular weight is 422 g/mol. The zero-order chi connectivity index (χ0) is 22.2.